The minimum Gasteiger partial charge on any atom is -0.481 e. The Labute approximate surface area is 194 Å². The Morgan fingerprint density at radius 2 is 1.71 bits per heavy atom. The van der Waals surface area contributed by atoms with Gasteiger partial charge in [0, 0.05) is 23.6 Å². The van der Waals surface area contributed by atoms with Crippen molar-refractivity contribution in [2.24, 2.45) is 22.2 Å². The molecule has 1 heterocycles. The fourth-order valence-corrected chi connectivity index (χ4v) is 3.33. The van der Waals surface area contributed by atoms with E-state index in [1.54, 1.807) is 6.20 Å². The maximum absolute atomic E-state index is 12.6. The van der Waals surface area contributed by atoms with Gasteiger partial charge < -0.3 is 43.0 Å². The number of para-hydroxylation sites is 1. The number of aromatic amines is 1. The van der Waals surface area contributed by atoms with Crippen LogP contribution in [0.1, 0.15) is 24.8 Å². The molecule has 0 aliphatic heterocycles. The van der Waals surface area contributed by atoms with E-state index < -0.39 is 48.3 Å². The second-order valence-electron chi connectivity index (χ2n) is 7.68. The Balaban J connectivity index is 2.02. The zero-order valence-corrected chi connectivity index (χ0v) is 18.4. The largest absolute Gasteiger partial charge is 0.481 e. The maximum atomic E-state index is 12.6. The summed E-state index contributed by atoms with van der Waals surface area (Å²) in [6.45, 7) is 0.153. The summed E-state index contributed by atoms with van der Waals surface area (Å²) in [5, 5.41) is 24.0. The molecular formula is C21H29N7O6. The van der Waals surface area contributed by atoms with Crippen molar-refractivity contribution in [2.75, 3.05) is 6.54 Å². The number of fused-ring (bicyclic) bond motifs is 1. The van der Waals surface area contributed by atoms with Crippen LogP contribution >= 0.6 is 0 Å². The second kappa shape index (κ2) is 12.2. The quantitative estimate of drug-likeness (QED) is 0.0965. The standard InChI is InChI=1S/C21H29N7O6/c22-13(8-11-10-26-14-5-2-1-4-12(11)14)18(31)28-16(9-17(29)30)19(32)27-15(20(33)34)6-3-7-25-21(23)24/h1-2,4-5,10,13,15-16,26H,3,6-9,22H2,(H,27,32)(H,28,31)(H,29,30)(H,33,34)(H4,23,24,25). The number of hydrogen-bond acceptors (Lipinski definition) is 6. The van der Waals surface area contributed by atoms with Crippen molar-refractivity contribution in [3.05, 3.63) is 36.0 Å². The fourth-order valence-electron chi connectivity index (χ4n) is 3.33. The van der Waals surface area contributed by atoms with Crippen LogP contribution in [0.15, 0.2) is 35.5 Å². The van der Waals surface area contributed by atoms with E-state index in [1.165, 1.54) is 0 Å². The smallest absolute Gasteiger partial charge is 0.326 e. The molecule has 34 heavy (non-hydrogen) atoms. The van der Waals surface area contributed by atoms with Crippen LogP contribution in [0.5, 0.6) is 0 Å². The highest BCUT2D eigenvalue weighted by Crippen LogP contribution is 2.18. The summed E-state index contributed by atoms with van der Waals surface area (Å²) in [6, 6.07) is 3.52. The minimum atomic E-state index is -1.52. The van der Waals surface area contributed by atoms with Gasteiger partial charge in [-0.2, -0.15) is 0 Å². The number of carbonyl (C=O) groups excluding carboxylic acids is 2. The van der Waals surface area contributed by atoms with E-state index in [4.69, 9.17) is 22.3 Å². The van der Waals surface area contributed by atoms with Crippen LogP contribution in [0.3, 0.4) is 0 Å². The number of nitrogens with two attached hydrogens (primary N) is 3. The molecule has 2 rings (SSSR count). The first-order chi connectivity index (χ1) is 16.1. The van der Waals surface area contributed by atoms with Gasteiger partial charge in [-0.25, -0.2) is 4.79 Å². The molecule has 0 spiro atoms. The molecule has 0 aliphatic rings. The van der Waals surface area contributed by atoms with Crippen LogP contribution in [0.4, 0.5) is 0 Å². The zero-order chi connectivity index (χ0) is 25.3. The van der Waals surface area contributed by atoms with Crippen LogP contribution in [-0.2, 0) is 25.6 Å². The highest BCUT2D eigenvalue weighted by molar-refractivity contribution is 5.94. The molecule has 1 aromatic heterocycles. The van der Waals surface area contributed by atoms with Gasteiger partial charge in [0.15, 0.2) is 5.96 Å². The Morgan fingerprint density at radius 1 is 1.03 bits per heavy atom. The summed E-state index contributed by atoms with van der Waals surface area (Å²) in [7, 11) is 0. The molecular weight excluding hydrogens is 446 g/mol. The summed E-state index contributed by atoms with van der Waals surface area (Å²) in [5.74, 6) is -4.53. The molecule has 2 aromatic rings. The van der Waals surface area contributed by atoms with E-state index in [0.29, 0.717) is 0 Å². The lowest BCUT2D eigenvalue weighted by atomic mass is 10.0. The fraction of sp³-hybridized carbons (Fsp3) is 0.381. The van der Waals surface area contributed by atoms with Crippen molar-refractivity contribution in [1.82, 2.24) is 15.6 Å². The number of hydrogen-bond donors (Lipinski definition) is 8. The predicted octanol–water partition coefficient (Wildman–Crippen LogP) is -1.38. The number of benzene rings is 1. The lowest BCUT2D eigenvalue weighted by Crippen LogP contribution is -2.55. The molecule has 3 unspecified atom stereocenters. The second-order valence-corrected chi connectivity index (χ2v) is 7.68. The molecule has 1 aromatic carbocycles. The lowest BCUT2D eigenvalue weighted by Gasteiger charge is -2.22. The SMILES string of the molecule is NC(N)=NCCCC(NC(=O)C(CC(=O)O)NC(=O)C(N)Cc1c[nH]c2ccccc12)C(=O)O. The minimum absolute atomic E-state index is 0.00827. The van der Waals surface area contributed by atoms with Crippen molar-refractivity contribution in [2.45, 2.75) is 43.8 Å². The Bertz CT molecular complexity index is 1060. The number of carbonyl (C=O) groups is 4. The van der Waals surface area contributed by atoms with Crippen LogP contribution in [0.2, 0.25) is 0 Å². The van der Waals surface area contributed by atoms with Crippen LogP contribution in [0.25, 0.3) is 10.9 Å². The monoisotopic (exact) mass is 475 g/mol. The number of amides is 2. The van der Waals surface area contributed by atoms with Gasteiger partial charge in [-0.3, -0.25) is 19.4 Å². The van der Waals surface area contributed by atoms with Gasteiger partial charge in [-0.1, -0.05) is 18.2 Å². The first-order valence-corrected chi connectivity index (χ1v) is 10.5. The van der Waals surface area contributed by atoms with E-state index in [2.05, 4.69) is 20.6 Å². The molecule has 11 N–H and O–H groups in total. The summed E-state index contributed by atoms with van der Waals surface area (Å²) >= 11 is 0. The van der Waals surface area contributed by atoms with Crippen molar-refractivity contribution >= 4 is 40.6 Å². The van der Waals surface area contributed by atoms with Gasteiger partial charge in [-0.15, -0.1) is 0 Å². The molecule has 0 aliphatic carbocycles. The summed E-state index contributed by atoms with van der Waals surface area (Å²) < 4.78 is 0. The van der Waals surface area contributed by atoms with Gasteiger partial charge in [0.2, 0.25) is 11.8 Å². The third-order valence-corrected chi connectivity index (χ3v) is 5.02. The van der Waals surface area contributed by atoms with E-state index in [1.807, 2.05) is 24.3 Å². The number of carboxylic acid groups (broad SMARTS) is 2. The molecule has 0 saturated carbocycles. The zero-order valence-electron chi connectivity index (χ0n) is 18.4. The molecule has 13 heteroatoms. The Kier molecular flexibility index (Phi) is 9.38. The number of aliphatic carboxylic acids is 2. The van der Waals surface area contributed by atoms with Crippen LogP contribution < -0.4 is 27.8 Å². The number of nitrogens with one attached hydrogen (secondary N) is 3. The third-order valence-electron chi connectivity index (χ3n) is 5.02. The van der Waals surface area contributed by atoms with Crippen LogP contribution in [-0.4, -0.2) is 69.6 Å². The van der Waals surface area contributed by atoms with Crippen molar-refractivity contribution in [1.29, 1.82) is 0 Å². The molecule has 0 fully saturated rings. The Morgan fingerprint density at radius 3 is 2.35 bits per heavy atom. The summed E-state index contributed by atoms with van der Waals surface area (Å²) in [6.07, 6.45) is 1.35. The van der Waals surface area contributed by atoms with Crippen molar-refractivity contribution < 1.29 is 29.4 Å². The van der Waals surface area contributed by atoms with E-state index in [-0.39, 0.29) is 31.8 Å². The molecule has 0 bridgehead atoms. The number of nitrogens with zero attached hydrogens (tertiary/aromatic N) is 1. The topological polar surface area (TPSA) is 239 Å². The lowest BCUT2D eigenvalue weighted by molar-refractivity contribution is -0.143. The third kappa shape index (κ3) is 7.78. The number of aliphatic imine (C=N–C) groups is 1. The van der Waals surface area contributed by atoms with E-state index >= 15 is 0 Å². The number of rotatable bonds is 13. The molecule has 184 valence electrons. The maximum Gasteiger partial charge on any atom is 0.326 e. The van der Waals surface area contributed by atoms with Gasteiger partial charge in [-0.05, 0) is 30.9 Å². The van der Waals surface area contributed by atoms with Gasteiger partial charge in [0.1, 0.15) is 12.1 Å². The molecule has 13 nitrogen and oxygen atoms in total. The van der Waals surface area contributed by atoms with Crippen LogP contribution in [0, 0.1) is 0 Å². The number of carboxylic acids is 2. The molecule has 2 amide bonds. The number of guanidine groups is 1. The van der Waals surface area contributed by atoms with Gasteiger partial charge in [0.05, 0.1) is 12.5 Å². The highest BCUT2D eigenvalue weighted by atomic mass is 16.4. The molecule has 0 radical (unpaired) electrons. The van der Waals surface area contributed by atoms with Gasteiger partial charge >= 0.3 is 11.9 Å². The normalized spacial score (nSPS) is 13.4. The van der Waals surface area contributed by atoms with E-state index in [0.717, 1.165) is 16.5 Å². The highest BCUT2D eigenvalue weighted by Gasteiger charge is 2.29. The average Bonchev–Trinajstić information content (AvgIpc) is 3.17. The average molecular weight is 476 g/mol. The van der Waals surface area contributed by atoms with E-state index in [9.17, 15) is 24.3 Å². The summed E-state index contributed by atoms with van der Waals surface area (Å²) in [5.41, 5.74) is 18.1. The molecule has 3 atom stereocenters. The first-order valence-electron chi connectivity index (χ1n) is 10.5. The van der Waals surface area contributed by atoms with Gasteiger partial charge in [0.25, 0.3) is 0 Å². The van der Waals surface area contributed by atoms with Crippen molar-refractivity contribution in [3.8, 4) is 0 Å². The Hall–Kier alpha value is -4.13. The van der Waals surface area contributed by atoms with Crippen molar-refractivity contribution in [3.63, 3.8) is 0 Å². The predicted molar refractivity (Wildman–Crippen MR) is 124 cm³/mol. The number of H-pyrrole nitrogens is 1. The summed E-state index contributed by atoms with van der Waals surface area (Å²) in [4.78, 5) is 54.8. The molecule has 0 saturated heterocycles. The first kappa shape index (κ1) is 26.1. The number of aromatic nitrogens is 1.